The second-order valence-corrected chi connectivity index (χ2v) is 5.34. The normalized spacial score (nSPS) is 23.5. The Bertz CT molecular complexity index is 402. The number of thiophene rings is 1. The number of carbonyl (C=O) groups excluding carboxylic acids is 1. The van der Waals surface area contributed by atoms with Gasteiger partial charge in [0.2, 0.25) is 5.91 Å². The van der Waals surface area contributed by atoms with Gasteiger partial charge in [-0.3, -0.25) is 9.59 Å². The molecule has 2 N–H and O–H groups in total. The zero-order valence-corrected chi connectivity index (χ0v) is 10.2. The topological polar surface area (TPSA) is 66.4 Å². The van der Waals surface area contributed by atoms with Gasteiger partial charge in [-0.15, -0.1) is 11.3 Å². The van der Waals surface area contributed by atoms with Gasteiger partial charge >= 0.3 is 5.97 Å². The van der Waals surface area contributed by atoms with Crippen LogP contribution in [-0.4, -0.2) is 23.0 Å². The third kappa shape index (κ3) is 3.06. The zero-order chi connectivity index (χ0) is 12.3. The molecule has 2 rings (SSSR count). The summed E-state index contributed by atoms with van der Waals surface area (Å²) < 4.78 is 0. The lowest BCUT2D eigenvalue weighted by Gasteiger charge is -2.17. The molecule has 1 amide bonds. The number of amides is 1. The molecule has 2 atom stereocenters. The smallest absolute Gasteiger partial charge is 0.308 e. The Hall–Kier alpha value is -1.36. The van der Waals surface area contributed by atoms with Crippen LogP contribution < -0.4 is 5.32 Å². The van der Waals surface area contributed by atoms with Gasteiger partial charge in [-0.25, -0.2) is 0 Å². The standard InChI is InChI=1S/C12H15NO3S/c14-11(7-8-3-2-6-17-8)13-10-5-1-4-9(10)12(15)16/h2-3,6,9-10H,1,4-5,7H2,(H,13,14)(H,15,16)/t9-,10+/m1/s1. The lowest BCUT2D eigenvalue weighted by atomic mass is 10.0. The molecule has 1 aliphatic carbocycles. The number of carbonyl (C=O) groups is 2. The van der Waals surface area contributed by atoms with Crippen LogP contribution >= 0.6 is 11.3 Å². The minimum atomic E-state index is -0.802. The summed E-state index contributed by atoms with van der Waals surface area (Å²) in [6, 6.07) is 3.62. The fourth-order valence-corrected chi connectivity index (χ4v) is 2.96. The molecular weight excluding hydrogens is 238 g/mol. The van der Waals surface area contributed by atoms with E-state index >= 15 is 0 Å². The Labute approximate surface area is 104 Å². The van der Waals surface area contributed by atoms with Gasteiger partial charge in [0.15, 0.2) is 0 Å². The molecule has 0 bridgehead atoms. The fourth-order valence-electron chi connectivity index (χ4n) is 2.26. The largest absolute Gasteiger partial charge is 0.481 e. The Kier molecular flexibility index (Phi) is 3.78. The Morgan fingerprint density at radius 1 is 1.47 bits per heavy atom. The van der Waals surface area contributed by atoms with Gasteiger partial charge < -0.3 is 10.4 Å². The summed E-state index contributed by atoms with van der Waals surface area (Å²) in [6.07, 6.45) is 2.66. The second-order valence-electron chi connectivity index (χ2n) is 4.31. The van der Waals surface area contributed by atoms with Gasteiger partial charge in [0.05, 0.1) is 12.3 Å². The Balaban J connectivity index is 1.88. The molecule has 0 saturated heterocycles. The number of hydrogen-bond donors (Lipinski definition) is 2. The van der Waals surface area contributed by atoms with Crippen molar-refractivity contribution in [2.45, 2.75) is 31.7 Å². The maximum absolute atomic E-state index is 11.7. The van der Waals surface area contributed by atoms with Gasteiger partial charge in [0.25, 0.3) is 0 Å². The Morgan fingerprint density at radius 2 is 2.29 bits per heavy atom. The van der Waals surface area contributed by atoms with E-state index in [1.807, 2.05) is 17.5 Å². The van der Waals surface area contributed by atoms with Crippen molar-refractivity contribution in [3.8, 4) is 0 Å². The van der Waals surface area contributed by atoms with E-state index in [2.05, 4.69) is 5.32 Å². The van der Waals surface area contributed by atoms with Crippen molar-refractivity contribution >= 4 is 23.2 Å². The molecule has 1 aliphatic rings. The highest BCUT2D eigenvalue weighted by Crippen LogP contribution is 2.25. The summed E-state index contributed by atoms with van der Waals surface area (Å²) in [7, 11) is 0. The summed E-state index contributed by atoms with van der Waals surface area (Å²) in [5, 5.41) is 13.8. The molecule has 0 spiro atoms. The van der Waals surface area contributed by atoms with E-state index in [1.54, 1.807) is 0 Å². The summed E-state index contributed by atoms with van der Waals surface area (Å²) in [4.78, 5) is 23.7. The summed E-state index contributed by atoms with van der Waals surface area (Å²) in [5.74, 6) is -1.29. The first-order valence-electron chi connectivity index (χ1n) is 5.71. The Morgan fingerprint density at radius 3 is 2.94 bits per heavy atom. The van der Waals surface area contributed by atoms with Crippen LogP contribution in [0.25, 0.3) is 0 Å². The van der Waals surface area contributed by atoms with Crippen molar-refractivity contribution < 1.29 is 14.7 Å². The van der Waals surface area contributed by atoms with Crippen LogP contribution in [0.4, 0.5) is 0 Å². The van der Waals surface area contributed by atoms with Crippen LogP contribution in [0.15, 0.2) is 17.5 Å². The van der Waals surface area contributed by atoms with Crippen LogP contribution in [0.5, 0.6) is 0 Å². The SMILES string of the molecule is O=C(Cc1cccs1)N[C@H]1CCC[C@H]1C(=O)O. The van der Waals surface area contributed by atoms with Crippen LogP contribution in [0.2, 0.25) is 0 Å². The zero-order valence-electron chi connectivity index (χ0n) is 9.39. The van der Waals surface area contributed by atoms with E-state index in [0.717, 1.165) is 17.7 Å². The molecule has 92 valence electrons. The number of carboxylic acids is 1. The van der Waals surface area contributed by atoms with Gasteiger partial charge in [0, 0.05) is 10.9 Å². The minimum Gasteiger partial charge on any atom is -0.481 e. The van der Waals surface area contributed by atoms with Crippen molar-refractivity contribution in [2.24, 2.45) is 5.92 Å². The highest BCUT2D eigenvalue weighted by molar-refractivity contribution is 7.10. The van der Waals surface area contributed by atoms with Crippen LogP contribution in [0.3, 0.4) is 0 Å². The number of aliphatic carboxylic acids is 1. The maximum atomic E-state index is 11.7. The fraction of sp³-hybridized carbons (Fsp3) is 0.500. The molecule has 1 heterocycles. The number of nitrogens with one attached hydrogen (secondary N) is 1. The van der Waals surface area contributed by atoms with Crippen LogP contribution in [0.1, 0.15) is 24.1 Å². The van der Waals surface area contributed by atoms with Gasteiger partial charge in [-0.2, -0.15) is 0 Å². The van der Waals surface area contributed by atoms with E-state index in [4.69, 9.17) is 5.11 Å². The molecule has 1 saturated carbocycles. The van der Waals surface area contributed by atoms with Gasteiger partial charge in [-0.1, -0.05) is 12.5 Å². The van der Waals surface area contributed by atoms with Crippen molar-refractivity contribution in [1.82, 2.24) is 5.32 Å². The molecule has 5 heteroatoms. The third-order valence-electron chi connectivity index (χ3n) is 3.09. The van der Waals surface area contributed by atoms with Crippen LogP contribution in [-0.2, 0) is 16.0 Å². The average molecular weight is 253 g/mol. The number of hydrogen-bond acceptors (Lipinski definition) is 3. The first-order chi connectivity index (χ1) is 8.16. The van der Waals surface area contributed by atoms with E-state index in [9.17, 15) is 9.59 Å². The molecule has 1 aromatic rings. The highest BCUT2D eigenvalue weighted by Gasteiger charge is 2.33. The summed E-state index contributed by atoms with van der Waals surface area (Å²) >= 11 is 1.54. The van der Waals surface area contributed by atoms with Crippen molar-refractivity contribution in [1.29, 1.82) is 0 Å². The predicted molar refractivity (Wildman–Crippen MR) is 64.9 cm³/mol. The molecule has 17 heavy (non-hydrogen) atoms. The molecule has 0 aliphatic heterocycles. The maximum Gasteiger partial charge on any atom is 0.308 e. The molecule has 0 aromatic carbocycles. The monoisotopic (exact) mass is 253 g/mol. The molecular formula is C12H15NO3S. The first kappa shape index (κ1) is 12.1. The average Bonchev–Trinajstić information content (AvgIpc) is 2.88. The highest BCUT2D eigenvalue weighted by atomic mass is 32.1. The number of carboxylic acid groups (broad SMARTS) is 1. The quantitative estimate of drug-likeness (QED) is 0.857. The molecule has 1 fully saturated rings. The molecule has 0 radical (unpaired) electrons. The summed E-state index contributed by atoms with van der Waals surface area (Å²) in [5.41, 5.74) is 0. The van der Waals surface area contributed by atoms with Crippen molar-refractivity contribution in [3.05, 3.63) is 22.4 Å². The van der Waals surface area contributed by atoms with Gasteiger partial charge in [0.1, 0.15) is 0 Å². The van der Waals surface area contributed by atoms with Crippen LogP contribution in [0, 0.1) is 5.92 Å². The van der Waals surface area contributed by atoms with E-state index in [0.29, 0.717) is 12.8 Å². The summed E-state index contributed by atoms with van der Waals surface area (Å²) in [6.45, 7) is 0. The van der Waals surface area contributed by atoms with E-state index < -0.39 is 11.9 Å². The number of rotatable bonds is 4. The van der Waals surface area contributed by atoms with E-state index in [-0.39, 0.29) is 11.9 Å². The minimum absolute atomic E-state index is 0.0781. The predicted octanol–water partition coefficient (Wildman–Crippen LogP) is 1.66. The molecule has 1 aromatic heterocycles. The van der Waals surface area contributed by atoms with Gasteiger partial charge in [-0.05, 0) is 24.3 Å². The molecule has 0 unspecified atom stereocenters. The third-order valence-corrected chi connectivity index (χ3v) is 3.97. The second kappa shape index (κ2) is 5.31. The first-order valence-corrected chi connectivity index (χ1v) is 6.59. The molecule has 4 nitrogen and oxygen atoms in total. The van der Waals surface area contributed by atoms with E-state index in [1.165, 1.54) is 11.3 Å². The van der Waals surface area contributed by atoms with Crippen molar-refractivity contribution in [3.63, 3.8) is 0 Å². The lowest BCUT2D eigenvalue weighted by Crippen LogP contribution is -2.40. The lowest BCUT2D eigenvalue weighted by molar-refractivity contribution is -0.142. The van der Waals surface area contributed by atoms with Crippen molar-refractivity contribution in [2.75, 3.05) is 0 Å².